The van der Waals surface area contributed by atoms with Crippen LogP contribution >= 0.6 is 11.6 Å². The second kappa shape index (κ2) is 5.17. The first-order valence-corrected chi connectivity index (χ1v) is 6.85. The topological polar surface area (TPSA) is 38.7 Å². The molecule has 1 aromatic carbocycles. The number of aryl methyl sites for hydroxylation is 2. The molecule has 0 radical (unpaired) electrons. The highest BCUT2D eigenvalue weighted by molar-refractivity contribution is 6.34. The molecule has 0 atom stereocenters. The van der Waals surface area contributed by atoms with Crippen LogP contribution < -0.4 is 0 Å². The molecule has 100 valence electrons. The molecule has 0 aliphatic heterocycles. The summed E-state index contributed by atoms with van der Waals surface area (Å²) < 4.78 is 0. The molecule has 2 heterocycles. The largest absolute Gasteiger partial charge is 0.258 e. The molecule has 0 amide bonds. The normalized spacial score (nSPS) is 10.9. The standard InChI is InChI=1S/C16H14ClN3/c1-10-7-12(8-11(2)18-10)9-15-13-5-3-4-6-14(13)16(17)20-19-15/h3-8H,9H2,1-2H3. The molecule has 2 aromatic heterocycles. The van der Waals surface area contributed by atoms with Crippen LogP contribution in [0.3, 0.4) is 0 Å². The van der Waals surface area contributed by atoms with Crippen molar-refractivity contribution in [2.24, 2.45) is 0 Å². The number of halogens is 1. The lowest BCUT2D eigenvalue weighted by atomic mass is 10.0. The molecule has 0 unspecified atom stereocenters. The lowest BCUT2D eigenvalue weighted by molar-refractivity contribution is 0.951. The lowest BCUT2D eigenvalue weighted by Gasteiger charge is -2.07. The molecule has 0 aliphatic carbocycles. The summed E-state index contributed by atoms with van der Waals surface area (Å²) in [6, 6.07) is 12.1. The quantitative estimate of drug-likeness (QED) is 0.716. The zero-order valence-corrected chi connectivity index (χ0v) is 12.1. The molecule has 0 saturated carbocycles. The Hall–Kier alpha value is -2.00. The van der Waals surface area contributed by atoms with Crippen molar-refractivity contribution in [2.45, 2.75) is 20.3 Å². The van der Waals surface area contributed by atoms with Crippen molar-refractivity contribution in [2.75, 3.05) is 0 Å². The molecule has 0 spiro atoms. The third-order valence-corrected chi connectivity index (χ3v) is 3.51. The Morgan fingerprint density at radius 3 is 2.30 bits per heavy atom. The van der Waals surface area contributed by atoms with Gasteiger partial charge in [0.15, 0.2) is 5.15 Å². The SMILES string of the molecule is Cc1cc(Cc2nnc(Cl)c3ccccc23)cc(C)n1. The van der Waals surface area contributed by atoms with Crippen LogP contribution in [-0.4, -0.2) is 15.2 Å². The number of aromatic nitrogens is 3. The molecule has 3 rings (SSSR count). The van der Waals surface area contributed by atoms with E-state index in [9.17, 15) is 0 Å². The first kappa shape index (κ1) is 13.0. The van der Waals surface area contributed by atoms with Crippen molar-refractivity contribution in [1.82, 2.24) is 15.2 Å². The average molecular weight is 284 g/mol. The minimum absolute atomic E-state index is 0.450. The van der Waals surface area contributed by atoms with Gasteiger partial charge in [0.25, 0.3) is 0 Å². The Morgan fingerprint density at radius 2 is 1.60 bits per heavy atom. The number of hydrogen-bond donors (Lipinski definition) is 0. The van der Waals surface area contributed by atoms with Gasteiger partial charge >= 0.3 is 0 Å². The maximum absolute atomic E-state index is 6.10. The van der Waals surface area contributed by atoms with Crippen LogP contribution in [0.2, 0.25) is 5.15 Å². The van der Waals surface area contributed by atoms with Crippen LogP contribution in [0.25, 0.3) is 10.8 Å². The Morgan fingerprint density at radius 1 is 0.950 bits per heavy atom. The van der Waals surface area contributed by atoms with Crippen LogP contribution in [0, 0.1) is 13.8 Å². The number of rotatable bonds is 2. The maximum atomic E-state index is 6.10. The summed E-state index contributed by atoms with van der Waals surface area (Å²) in [6.07, 6.45) is 0.731. The van der Waals surface area contributed by atoms with Crippen molar-refractivity contribution in [3.05, 3.63) is 64.2 Å². The van der Waals surface area contributed by atoms with Crippen LogP contribution in [0.15, 0.2) is 36.4 Å². The van der Waals surface area contributed by atoms with E-state index in [1.807, 2.05) is 38.1 Å². The highest BCUT2D eigenvalue weighted by atomic mass is 35.5. The van der Waals surface area contributed by atoms with Gasteiger partial charge in [0.05, 0.1) is 5.69 Å². The first-order chi connectivity index (χ1) is 9.63. The number of hydrogen-bond acceptors (Lipinski definition) is 3. The minimum atomic E-state index is 0.450. The summed E-state index contributed by atoms with van der Waals surface area (Å²) in [6.45, 7) is 4.00. The summed E-state index contributed by atoms with van der Waals surface area (Å²) >= 11 is 6.10. The Kier molecular flexibility index (Phi) is 3.36. The molecular formula is C16H14ClN3. The van der Waals surface area contributed by atoms with Gasteiger partial charge in [-0.3, -0.25) is 4.98 Å². The van der Waals surface area contributed by atoms with E-state index in [4.69, 9.17) is 11.6 Å². The Labute approximate surface area is 122 Å². The monoisotopic (exact) mass is 283 g/mol. The highest BCUT2D eigenvalue weighted by Crippen LogP contribution is 2.24. The predicted molar refractivity (Wildman–Crippen MR) is 81.1 cm³/mol. The van der Waals surface area contributed by atoms with Gasteiger partial charge in [-0.2, -0.15) is 5.10 Å². The van der Waals surface area contributed by atoms with E-state index in [1.165, 1.54) is 5.56 Å². The van der Waals surface area contributed by atoms with Crippen molar-refractivity contribution >= 4 is 22.4 Å². The summed E-state index contributed by atoms with van der Waals surface area (Å²) in [5, 5.41) is 10.8. The molecule has 0 fully saturated rings. The molecule has 0 saturated heterocycles. The lowest BCUT2D eigenvalue weighted by Crippen LogP contribution is -1.99. The first-order valence-electron chi connectivity index (χ1n) is 6.47. The summed E-state index contributed by atoms with van der Waals surface area (Å²) in [7, 11) is 0. The van der Waals surface area contributed by atoms with E-state index < -0.39 is 0 Å². The highest BCUT2D eigenvalue weighted by Gasteiger charge is 2.08. The molecule has 3 aromatic rings. The van der Waals surface area contributed by atoms with Crippen molar-refractivity contribution < 1.29 is 0 Å². The van der Waals surface area contributed by atoms with E-state index in [-0.39, 0.29) is 0 Å². The fourth-order valence-corrected chi connectivity index (χ4v) is 2.68. The number of pyridine rings is 1. The molecule has 20 heavy (non-hydrogen) atoms. The van der Waals surface area contributed by atoms with Crippen LogP contribution in [-0.2, 0) is 6.42 Å². The van der Waals surface area contributed by atoms with Crippen molar-refractivity contribution in [1.29, 1.82) is 0 Å². The predicted octanol–water partition coefficient (Wildman–Crippen LogP) is 3.89. The van der Waals surface area contributed by atoms with Crippen LogP contribution in [0.5, 0.6) is 0 Å². The van der Waals surface area contributed by atoms with Gasteiger partial charge in [-0.15, -0.1) is 5.10 Å². The van der Waals surface area contributed by atoms with E-state index >= 15 is 0 Å². The fourth-order valence-electron chi connectivity index (χ4n) is 2.47. The van der Waals surface area contributed by atoms with Crippen LogP contribution in [0.1, 0.15) is 22.6 Å². The summed E-state index contributed by atoms with van der Waals surface area (Å²) in [4.78, 5) is 4.40. The number of benzene rings is 1. The van der Waals surface area contributed by atoms with Gasteiger partial charge in [0, 0.05) is 28.6 Å². The van der Waals surface area contributed by atoms with Gasteiger partial charge in [0.1, 0.15) is 0 Å². The van der Waals surface area contributed by atoms with Crippen molar-refractivity contribution in [3.8, 4) is 0 Å². The molecule has 3 nitrogen and oxygen atoms in total. The average Bonchev–Trinajstić information content (AvgIpc) is 2.41. The maximum Gasteiger partial charge on any atom is 0.159 e. The Balaban J connectivity index is 2.09. The van der Waals surface area contributed by atoms with Gasteiger partial charge < -0.3 is 0 Å². The van der Waals surface area contributed by atoms with E-state index in [0.29, 0.717) is 5.15 Å². The second-order valence-electron chi connectivity index (χ2n) is 4.92. The van der Waals surface area contributed by atoms with Gasteiger partial charge in [-0.25, -0.2) is 0 Å². The molecule has 0 bridgehead atoms. The van der Waals surface area contributed by atoms with Gasteiger partial charge in [-0.1, -0.05) is 35.9 Å². The van der Waals surface area contributed by atoms with E-state index in [2.05, 4.69) is 27.3 Å². The minimum Gasteiger partial charge on any atom is -0.258 e. The Bertz CT molecular complexity index is 764. The third kappa shape index (κ3) is 2.49. The van der Waals surface area contributed by atoms with Gasteiger partial charge in [-0.05, 0) is 31.5 Å². The van der Waals surface area contributed by atoms with Gasteiger partial charge in [0.2, 0.25) is 0 Å². The fraction of sp³-hybridized carbons (Fsp3) is 0.188. The molecule has 0 aliphatic rings. The smallest absolute Gasteiger partial charge is 0.159 e. The van der Waals surface area contributed by atoms with E-state index in [0.717, 1.165) is 34.3 Å². The summed E-state index contributed by atoms with van der Waals surface area (Å²) in [5.74, 6) is 0. The van der Waals surface area contributed by atoms with Crippen LogP contribution in [0.4, 0.5) is 0 Å². The molecular weight excluding hydrogens is 270 g/mol. The van der Waals surface area contributed by atoms with Crippen molar-refractivity contribution in [3.63, 3.8) is 0 Å². The second-order valence-corrected chi connectivity index (χ2v) is 5.28. The molecule has 0 N–H and O–H groups in total. The summed E-state index contributed by atoms with van der Waals surface area (Å²) in [5.41, 5.74) is 4.17. The molecule has 4 heteroatoms. The zero-order chi connectivity index (χ0) is 14.1. The number of nitrogens with zero attached hydrogens (tertiary/aromatic N) is 3. The van der Waals surface area contributed by atoms with E-state index in [1.54, 1.807) is 0 Å². The number of fused-ring (bicyclic) bond motifs is 1. The third-order valence-electron chi connectivity index (χ3n) is 3.23. The zero-order valence-electron chi connectivity index (χ0n) is 11.4.